The second kappa shape index (κ2) is 8.67. The van der Waals surface area contributed by atoms with Crippen molar-refractivity contribution in [2.75, 3.05) is 25.1 Å². The summed E-state index contributed by atoms with van der Waals surface area (Å²) in [6.07, 6.45) is 0.729. The maximum Gasteiger partial charge on any atom is 0.322 e. The Kier molecular flexibility index (Phi) is 7.23. The first-order valence-electron chi connectivity index (χ1n) is 7.63. The van der Waals surface area contributed by atoms with E-state index in [9.17, 15) is 4.79 Å². The van der Waals surface area contributed by atoms with Gasteiger partial charge in [0.05, 0.1) is 7.11 Å². The van der Waals surface area contributed by atoms with Crippen LogP contribution < -0.4 is 10.2 Å². The summed E-state index contributed by atoms with van der Waals surface area (Å²) in [5, 5.41) is 3.27. The number of aryl methyl sites for hydroxylation is 1. The SMILES string of the molecule is CCN(CCC(NC(C)C)C(=O)OC)c1ccc(C)cc1. The summed E-state index contributed by atoms with van der Waals surface area (Å²) < 4.78 is 4.88. The molecule has 1 aromatic rings. The number of carbonyl (C=O) groups excluding carboxylic acids is 1. The Morgan fingerprint density at radius 3 is 2.38 bits per heavy atom. The van der Waals surface area contributed by atoms with Gasteiger partial charge in [-0.3, -0.25) is 4.79 Å². The van der Waals surface area contributed by atoms with Gasteiger partial charge in [-0.2, -0.15) is 0 Å². The second-order valence-electron chi connectivity index (χ2n) is 5.60. The highest BCUT2D eigenvalue weighted by Crippen LogP contribution is 2.15. The molecule has 0 radical (unpaired) electrons. The van der Waals surface area contributed by atoms with Crippen LogP contribution in [-0.4, -0.2) is 38.3 Å². The lowest BCUT2D eigenvalue weighted by Gasteiger charge is -2.26. The molecule has 21 heavy (non-hydrogen) atoms. The molecule has 0 aliphatic heterocycles. The molecule has 1 aromatic carbocycles. The largest absolute Gasteiger partial charge is 0.468 e. The Morgan fingerprint density at radius 2 is 1.90 bits per heavy atom. The van der Waals surface area contributed by atoms with Gasteiger partial charge in [0.1, 0.15) is 6.04 Å². The van der Waals surface area contributed by atoms with E-state index in [1.54, 1.807) is 0 Å². The van der Waals surface area contributed by atoms with Crippen LogP contribution in [0, 0.1) is 6.92 Å². The van der Waals surface area contributed by atoms with Crippen LogP contribution in [0.3, 0.4) is 0 Å². The van der Waals surface area contributed by atoms with Crippen LogP contribution in [0.25, 0.3) is 0 Å². The summed E-state index contributed by atoms with van der Waals surface area (Å²) >= 11 is 0. The average Bonchev–Trinajstić information content (AvgIpc) is 2.47. The van der Waals surface area contributed by atoms with Crippen molar-refractivity contribution in [3.63, 3.8) is 0 Å². The van der Waals surface area contributed by atoms with E-state index in [-0.39, 0.29) is 18.1 Å². The minimum Gasteiger partial charge on any atom is -0.468 e. The number of hydrogen-bond donors (Lipinski definition) is 1. The van der Waals surface area contributed by atoms with Gasteiger partial charge in [-0.05, 0) is 32.4 Å². The number of benzene rings is 1. The van der Waals surface area contributed by atoms with Crippen LogP contribution in [0.2, 0.25) is 0 Å². The lowest BCUT2D eigenvalue weighted by Crippen LogP contribution is -2.43. The standard InChI is InChI=1S/C17H28N2O2/c1-6-19(15-9-7-14(4)8-10-15)12-11-16(17(20)21-5)18-13(2)3/h7-10,13,16,18H,6,11-12H2,1-5H3. The molecule has 4 heteroatoms. The maximum atomic E-state index is 11.8. The van der Waals surface area contributed by atoms with E-state index in [2.05, 4.69) is 48.3 Å². The molecular formula is C17H28N2O2. The third kappa shape index (κ3) is 5.76. The number of carbonyl (C=O) groups is 1. The summed E-state index contributed by atoms with van der Waals surface area (Å²) in [7, 11) is 1.44. The summed E-state index contributed by atoms with van der Waals surface area (Å²) in [6.45, 7) is 10.0. The van der Waals surface area contributed by atoms with Gasteiger partial charge < -0.3 is 15.0 Å². The van der Waals surface area contributed by atoms with Gasteiger partial charge in [0.25, 0.3) is 0 Å². The van der Waals surface area contributed by atoms with Crippen molar-refractivity contribution in [3.8, 4) is 0 Å². The zero-order valence-electron chi connectivity index (χ0n) is 13.8. The number of rotatable bonds is 8. The van der Waals surface area contributed by atoms with Crippen molar-refractivity contribution < 1.29 is 9.53 Å². The van der Waals surface area contributed by atoms with E-state index in [1.807, 2.05) is 13.8 Å². The summed E-state index contributed by atoms with van der Waals surface area (Å²) in [4.78, 5) is 14.1. The second-order valence-corrected chi connectivity index (χ2v) is 5.60. The van der Waals surface area contributed by atoms with Crippen LogP contribution in [0.4, 0.5) is 5.69 Å². The Labute approximate surface area is 128 Å². The predicted molar refractivity (Wildman–Crippen MR) is 87.8 cm³/mol. The van der Waals surface area contributed by atoms with Crippen LogP contribution >= 0.6 is 0 Å². The number of ether oxygens (including phenoxy) is 1. The average molecular weight is 292 g/mol. The third-order valence-corrected chi connectivity index (χ3v) is 3.49. The molecule has 0 heterocycles. The van der Waals surface area contributed by atoms with Gasteiger partial charge in [0.15, 0.2) is 0 Å². The van der Waals surface area contributed by atoms with Crippen molar-refractivity contribution >= 4 is 11.7 Å². The van der Waals surface area contributed by atoms with Crippen molar-refractivity contribution in [2.24, 2.45) is 0 Å². The third-order valence-electron chi connectivity index (χ3n) is 3.49. The number of nitrogens with zero attached hydrogens (tertiary/aromatic N) is 1. The topological polar surface area (TPSA) is 41.6 Å². The molecule has 0 amide bonds. The minimum absolute atomic E-state index is 0.191. The Bertz CT molecular complexity index is 429. The van der Waals surface area contributed by atoms with Gasteiger partial charge in [-0.25, -0.2) is 0 Å². The van der Waals surface area contributed by atoms with Crippen LogP contribution in [0.1, 0.15) is 32.8 Å². The molecule has 0 aliphatic carbocycles. The summed E-state index contributed by atoms with van der Waals surface area (Å²) in [5.74, 6) is -0.191. The fraction of sp³-hybridized carbons (Fsp3) is 0.588. The molecule has 1 unspecified atom stereocenters. The molecule has 0 saturated heterocycles. The molecule has 0 aliphatic rings. The van der Waals surface area contributed by atoms with Crippen LogP contribution in [0.5, 0.6) is 0 Å². The molecule has 0 fully saturated rings. The van der Waals surface area contributed by atoms with Crippen molar-refractivity contribution in [3.05, 3.63) is 29.8 Å². The minimum atomic E-state index is -0.255. The Balaban J connectivity index is 2.67. The van der Waals surface area contributed by atoms with E-state index >= 15 is 0 Å². The van der Waals surface area contributed by atoms with Crippen molar-refractivity contribution in [2.45, 2.75) is 46.2 Å². The quantitative estimate of drug-likeness (QED) is 0.748. The first kappa shape index (κ1) is 17.5. The molecule has 118 valence electrons. The molecule has 1 N–H and O–H groups in total. The first-order valence-corrected chi connectivity index (χ1v) is 7.63. The smallest absolute Gasteiger partial charge is 0.322 e. The van der Waals surface area contributed by atoms with Gasteiger partial charge in [-0.1, -0.05) is 31.5 Å². The zero-order chi connectivity index (χ0) is 15.8. The number of nitrogens with one attached hydrogen (secondary N) is 1. The molecule has 1 rings (SSSR count). The fourth-order valence-corrected chi connectivity index (χ4v) is 2.32. The lowest BCUT2D eigenvalue weighted by molar-refractivity contribution is -0.143. The molecule has 0 spiro atoms. The summed E-state index contributed by atoms with van der Waals surface area (Å²) in [5.41, 5.74) is 2.44. The number of hydrogen-bond acceptors (Lipinski definition) is 4. The zero-order valence-corrected chi connectivity index (χ0v) is 13.8. The van der Waals surface area contributed by atoms with E-state index in [0.717, 1.165) is 19.5 Å². The number of methoxy groups -OCH3 is 1. The van der Waals surface area contributed by atoms with E-state index in [4.69, 9.17) is 4.74 Å². The Hall–Kier alpha value is -1.55. The van der Waals surface area contributed by atoms with Gasteiger partial charge in [-0.15, -0.1) is 0 Å². The Morgan fingerprint density at radius 1 is 1.29 bits per heavy atom. The lowest BCUT2D eigenvalue weighted by atomic mass is 10.1. The monoisotopic (exact) mass is 292 g/mol. The summed E-state index contributed by atoms with van der Waals surface area (Å²) in [6, 6.07) is 8.48. The molecular weight excluding hydrogens is 264 g/mol. The molecule has 0 saturated carbocycles. The predicted octanol–water partition coefficient (Wildman–Crippen LogP) is 2.75. The highest BCUT2D eigenvalue weighted by atomic mass is 16.5. The van der Waals surface area contributed by atoms with E-state index in [1.165, 1.54) is 18.4 Å². The molecule has 0 bridgehead atoms. The van der Waals surface area contributed by atoms with Crippen molar-refractivity contribution in [1.29, 1.82) is 0 Å². The number of anilines is 1. The van der Waals surface area contributed by atoms with E-state index in [0.29, 0.717) is 0 Å². The van der Waals surface area contributed by atoms with Gasteiger partial charge >= 0.3 is 5.97 Å². The van der Waals surface area contributed by atoms with Crippen molar-refractivity contribution in [1.82, 2.24) is 5.32 Å². The normalized spacial score (nSPS) is 12.3. The highest BCUT2D eigenvalue weighted by molar-refractivity contribution is 5.75. The molecule has 1 atom stereocenters. The fourth-order valence-electron chi connectivity index (χ4n) is 2.32. The molecule has 4 nitrogen and oxygen atoms in total. The highest BCUT2D eigenvalue weighted by Gasteiger charge is 2.20. The van der Waals surface area contributed by atoms with Crippen LogP contribution in [-0.2, 0) is 9.53 Å². The number of esters is 1. The van der Waals surface area contributed by atoms with Crippen LogP contribution in [0.15, 0.2) is 24.3 Å². The maximum absolute atomic E-state index is 11.8. The molecule has 0 aromatic heterocycles. The first-order chi connectivity index (χ1) is 9.97. The van der Waals surface area contributed by atoms with E-state index < -0.39 is 0 Å². The van der Waals surface area contributed by atoms with Gasteiger partial charge in [0.2, 0.25) is 0 Å². The van der Waals surface area contributed by atoms with Gasteiger partial charge in [0, 0.05) is 24.8 Å².